The summed E-state index contributed by atoms with van der Waals surface area (Å²) >= 11 is 0. The molecule has 2 aromatic rings. The largest absolute Gasteiger partial charge is 0.356 e. The summed E-state index contributed by atoms with van der Waals surface area (Å²) in [5, 5.41) is 3.05. The number of aryl methyl sites for hydroxylation is 1. The van der Waals surface area contributed by atoms with Gasteiger partial charge in [-0.1, -0.05) is 61.2 Å². The second-order valence-corrected chi connectivity index (χ2v) is 12.0. The van der Waals surface area contributed by atoms with Crippen molar-refractivity contribution in [3.63, 3.8) is 0 Å². The SMILES string of the molecule is Cc1ccc(S(=O)(=O)N2CCc3ccccc3[C@H]2CC(=O)NCCCN(C)C2CCCCC2)cc1. The van der Waals surface area contributed by atoms with Crippen molar-refractivity contribution >= 4 is 15.9 Å². The third-order valence-corrected chi connectivity index (χ3v) is 9.50. The Hall–Kier alpha value is -2.22. The third-order valence-electron chi connectivity index (χ3n) is 7.58. The van der Waals surface area contributed by atoms with Gasteiger partial charge in [-0.25, -0.2) is 8.42 Å². The molecule has 7 heteroatoms. The fourth-order valence-corrected chi connectivity index (χ4v) is 7.09. The van der Waals surface area contributed by atoms with E-state index in [1.807, 2.05) is 43.3 Å². The first-order valence-electron chi connectivity index (χ1n) is 13.0. The van der Waals surface area contributed by atoms with E-state index in [0.717, 1.165) is 29.7 Å². The Kier molecular flexibility index (Phi) is 8.63. The lowest BCUT2D eigenvalue weighted by atomic mass is 9.92. The molecule has 0 saturated heterocycles. The summed E-state index contributed by atoms with van der Waals surface area (Å²) in [5.41, 5.74) is 3.06. The monoisotopic (exact) mass is 497 g/mol. The van der Waals surface area contributed by atoms with Crippen molar-refractivity contribution in [1.82, 2.24) is 14.5 Å². The van der Waals surface area contributed by atoms with Crippen LogP contribution in [0.1, 0.15) is 67.7 Å². The topological polar surface area (TPSA) is 69.7 Å². The van der Waals surface area contributed by atoms with Crippen LogP contribution in [0.2, 0.25) is 0 Å². The van der Waals surface area contributed by atoms with E-state index in [0.29, 0.717) is 25.6 Å². The molecule has 2 aliphatic rings. The highest BCUT2D eigenvalue weighted by Crippen LogP contribution is 2.36. The number of hydrogen-bond acceptors (Lipinski definition) is 4. The second-order valence-electron chi connectivity index (χ2n) is 10.1. The molecule has 0 radical (unpaired) electrons. The maximum absolute atomic E-state index is 13.6. The minimum atomic E-state index is -3.72. The lowest BCUT2D eigenvalue weighted by Crippen LogP contribution is -2.42. The third kappa shape index (κ3) is 6.32. The van der Waals surface area contributed by atoms with Crippen molar-refractivity contribution in [2.24, 2.45) is 0 Å². The molecule has 1 aliphatic carbocycles. The van der Waals surface area contributed by atoms with Crippen LogP contribution in [0.15, 0.2) is 53.4 Å². The number of sulfonamides is 1. The molecule has 1 atom stereocenters. The number of carbonyl (C=O) groups is 1. The molecule has 35 heavy (non-hydrogen) atoms. The van der Waals surface area contributed by atoms with Crippen LogP contribution >= 0.6 is 0 Å². The number of hydrogen-bond donors (Lipinski definition) is 1. The van der Waals surface area contributed by atoms with E-state index in [4.69, 9.17) is 0 Å². The first kappa shape index (κ1) is 25.9. The van der Waals surface area contributed by atoms with Gasteiger partial charge in [0.25, 0.3) is 0 Å². The summed E-state index contributed by atoms with van der Waals surface area (Å²) in [7, 11) is -1.53. The van der Waals surface area contributed by atoms with E-state index in [1.54, 1.807) is 12.1 Å². The molecule has 1 aliphatic heterocycles. The zero-order valence-corrected chi connectivity index (χ0v) is 21.9. The number of fused-ring (bicyclic) bond motifs is 1. The van der Waals surface area contributed by atoms with E-state index in [9.17, 15) is 13.2 Å². The molecular weight excluding hydrogens is 458 g/mol. The number of nitrogens with zero attached hydrogens (tertiary/aromatic N) is 2. The number of rotatable bonds is 9. The van der Waals surface area contributed by atoms with Crippen molar-refractivity contribution in [3.05, 3.63) is 65.2 Å². The molecule has 0 unspecified atom stereocenters. The summed E-state index contributed by atoms with van der Waals surface area (Å²) in [5.74, 6) is -0.101. The van der Waals surface area contributed by atoms with Crippen LogP contribution < -0.4 is 5.32 Å². The molecule has 0 spiro atoms. The Morgan fingerprint density at radius 2 is 1.77 bits per heavy atom. The molecule has 1 amide bonds. The van der Waals surface area contributed by atoms with Crippen LogP contribution in [0.3, 0.4) is 0 Å². The highest BCUT2D eigenvalue weighted by molar-refractivity contribution is 7.89. The summed E-state index contributed by atoms with van der Waals surface area (Å²) in [6.45, 7) is 3.88. The Balaban J connectivity index is 1.41. The van der Waals surface area contributed by atoms with Crippen molar-refractivity contribution in [2.45, 2.75) is 75.3 Å². The molecular formula is C28H39N3O3S. The van der Waals surface area contributed by atoms with Gasteiger partial charge in [-0.15, -0.1) is 0 Å². The van der Waals surface area contributed by atoms with Crippen molar-refractivity contribution in [2.75, 3.05) is 26.7 Å². The predicted molar refractivity (Wildman–Crippen MR) is 140 cm³/mol. The Morgan fingerprint density at radius 1 is 1.06 bits per heavy atom. The zero-order chi connectivity index (χ0) is 24.8. The Morgan fingerprint density at radius 3 is 2.51 bits per heavy atom. The summed E-state index contributed by atoms with van der Waals surface area (Å²) in [6.07, 6.45) is 8.19. The summed E-state index contributed by atoms with van der Waals surface area (Å²) in [6, 6.07) is 15.0. The number of nitrogens with one attached hydrogen (secondary N) is 1. The molecule has 190 valence electrons. The normalized spacial score (nSPS) is 19.5. The highest BCUT2D eigenvalue weighted by Gasteiger charge is 2.37. The van der Waals surface area contributed by atoms with Crippen LogP contribution in [-0.4, -0.2) is 56.3 Å². The lowest BCUT2D eigenvalue weighted by Gasteiger charge is -2.36. The summed E-state index contributed by atoms with van der Waals surface area (Å²) in [4.78, 5) is 15.7. The fourth-order valence-electron chi connectivity index (χ4n) is 5.48. The number of carbonyl (C=O) groups excluding carboxylic acids is 1. The van der Waals surface area contributed by atoms with E-state index in [2.05, 4.69) is 17.3 Å². The van der Waals surface area contributed by atoms with Crippen LogP contribution in [0.25, 0.3) is 0 Å². The van der Waals surface area contributed by atoms with Gasteiger partial charge >= 0.3 is 0 Å². The molecule has 1 N–H and O–H groups in total. The molecule has 6 nitrogen and oxygen atoms in total. The van der Waals surface area contributed by atoms with Gasteiger partial charge in [-0.05, 0) is 69.5 Å². The van der Waals surface area contributed by atoms with Gasteiger partial charge < -0.3 is 10.2 Å². The molecule has 4 rings (SSSR count). The van der Waals surface area contributed by atoms with Crippen molar-refractivity contribution in [3.8, 4) is 0 Å². The number of amides is 1. The van der Waals surface area contributed by atoms with Gasteiger partial charge in [-0.2, -0.15) is 4.31 Å². The smallest absolute Gasteiger partial charge is 0.243 e. The van der Waals surface area contributed by atoms with Gasteiger partial charge in [0.05, 0.1) is 10.9 Å². The Bertz CT molecular complexity index is 1090. The zero-order valence-electron chi connectivity index (χ0n) is 21.1. The lowest BCUT2D eigenvalue weighted by molar-refractivity contribution is -0.122. The van der Waals surface area contributed by atoms with Crippen LogP contribution in [0.4, 0.5) is 0 Å². The highest BCUT2D eigenvalue weighted by atomic mass is 32.2. The van der Waals surface area contributed by atoms with Gasteiger partial charge in [0.2, 0.25) is 15.9 Å². The maximum atomic E-state index is 13.6. The van der Waals surface area contributed by atoms with Gasteiger partial charge in [-0.3, -0.25) is 4.79 Å². The molecule has 2 aromatic carbocycles. The second kappa shape index (κ2) is 11.7. The quantitative estimate of drug-likeness (QED) is 0.520. The standard InChI is InChI=1S/C28H39N3O3S/c1-22-13-15-25(16-14-22)35(33,34)31-20-17-23-9-6-7-12-26(23)27(31)21-28(32)29-18-8-19-30(2)24-10-4-3-5-11-24/h6-7,9,12-16,24,27H,3-5,8,10-11,17-21H2,1-2H3,(H,29,32)/t27-/m1/s1. The van der Waals surface area contributed by atoms with E-state index in [1.165, 1.54) is 36.4 Å². The number of benzene rings is 2. The maximum Gasteiger partial charge on any atom is 0.243 e. The molecule has 0 aromatic heterocycles. The first-order valence-corrected chi connectivity index (χ1v) is 14.4. The van der Waals surface area contributed by atoms with Gasteiger partial charge in [0.1, 0.15) is 0 Å². The van der Waals surface area contributed by atoms with Gasteiger partial charge in [0.15, 0.2) is 0 Å². The van der Waals surface area contributed by atoms with Gasteiger partial charge in [0, 0.05) is 25.6 Å². The average Bonchev–Trinajstić information content (AvgIpc) is 2.87. The molecule has 1 fully saturated rings. The van der Waals surface area contributed by atoms with E-state index >= 15 is 0 Å². The van der Waals surface area contributed by atoms with Crippen LogP contribution in [0, 0.1) is 6.92 Å². The first-order chi connectivity index (χ1) is 16.9. The van der Waals surface area contributed by atoms with Crippen LogP contribution in [-0.2, 0) is 21.2 Å². The van der Waals surface area contributed by atoms with Crippen molar-refractivity contribution < 1.29 is 13.2 Å². The van der Waals surface area contributed by atoms with Crippen molar-refractivity contribution in [1.29, 1.82) is 0 Å². The molecule has 0 bridgehead atoms. The predicted octanol–water partition coefficient (Wildman–Crippen LogP) is 4.44. The fraction of sp³-hybridized carbons (Fsp3) is 0.536. The van der Waals surface area contributed by atoms with E-state index in [-0.39, 0.29) is 17.2 Å². The minimum Gasteiger partial charge on any atom is -0.356 e. The molecule has 1 saturated carbocycles. The summed E-state index contributed by atoms with van der Waals surface area (Å²) < 4.78 is 28.7. The van der Waals surface area contributed by atoms with E-state index < -0.39 is 16.1 Å². The molecule has 1 heterocycles. The minimum absolute atomic E-state index is 0.101. The van der Waals surface area contributed by atoms with Crippen LogP contribution in [0.5, 0.6) is 0 Å². The average molecular weight is 498 g/mol. The Labute approximate surface area is 210 Å².